The molecule has 0 N–H and O–H groups in total. The van der Waals surface area contributed by atoms with Crippen molar-refractivity contribution in [2.45, 2.75) is 0 Å². The molecule has 0 heterocycles. The Kier molecular flexibility index (Phi) is 2.46. The fourth-order valence-electron chi connectivity index (χ4n) is 1.86. The molecule has 0 fully saturated rings. The molecule has 0 amide bonds. The average Bonchev–Trinajstić information content (AvgIpc) is 2.52. The zero-order valence-electron chi connectivity index (χ0n) is 9.33. The summed E-state index contributed by atoms with van der Waals surface area (Å²) in [5.41, 5.74) is 2.70. The van der Waals surface area contributed by atoms with E-state index in [1.165, 1.54) is 21.9 Å². The standard InChI is InChI=1S/C12H8.Ca.2H/c1-3-9-4-2-6-11-8-7-10(5-1)12(9)11;;;/h1-8H;;;/q;+2;2*-1. The van der Waals surface area contributed by atoms with Crippen LogP contribution in [-0.2, 0) is 0 Å². The molecule has 0 nitrogen and oxygen atoms in total. The predicted molar refractivity (Wildman–Crippen MR) is 60.9 cm³/mol. The topological polar surface area (TPSA) is 0 Å². The van der Waals surface area contributed by atoms with Crippen molar-refractivity contribution >= 4 is 60.7 Å². The fraction of sp³-hybridized carbons (Fsp3) is 0. The van der Waals surface area contributed by atoms with Crippen LogP contribution in [0.2, 0.25) is 0 Å². The molecular formula is C12H10Ca. The smallest absolute Gasteiger partial charge is 1.00 e. The fourth-order valence-corrected chi connectivity index (χ4v) is 1.86. The monoisotopic (exact) mass is 194 g/mol. The van der Waals surface area contributed by atoms with E-state index < -0.39 is 0 Å². The van der Waals surface area contributed by atoms with Crippen molar-refractivity contribution in [2.24, 2.45) is 0 Å². The minimum absolute atomic E-state index is 0. The van der Waals surface area contributed by atoms with Gasteiger partial charge in [-0.3, -0.25) is 0 Å². The van der Waals surface area contributed by atoms with Crippen molar-refractivity contribution in [1.82, 2.24) is 0 Å². The van der Waals surface area contributed by atoms with E-state index in [4.69, 9.17) is 0 Å². The number of hydrogen-bond acceptors (Lipinski definition) is 0. The van der Waals surface area contributed by atoms with Gasteiger partial charge in [0.2, 0.25) is 0 Å². The first kappa shape index (κ1) is 9.26. The maximum atomic E-state index is 2.18. The minimum atomic E-state index is 0. The Hall–Kier alpha value is -0.300. The molecule has 0 aliphatic heterocycles. The van der Waals surface area contributed by atoms with Crippen molar-refractivity contribution in [3.8, 4) is 0 Å². The molecule has 60 valence electrons. The summed E-state index contributed by atoms with van der Waals surface area (Å²) in [6.07, 6.45) is 4.36. The second-order valence-electron chi connectivity index (χ2n) is 3.13. The zero-order chi connectivity index (χ0) is 7.97. The summed E-state index contributed by atoms with van der Waals surface area (Å²) in [4.78, 5) is 0. The first-order chi connectivity index (χ1) is 5.95. The summed E-state index contributed by atoms with van der Waals surface area (Å²) in [6, 6.07) is 12.9. The molecule has 2 aromatic rings. The number of rotatable bonds is 0. The Morgan fingerprint density at radius 3 is 1.85 bits per heavy atom. The summed E-state index contributed by atoms with van der Waals surface area (Å²) in [5, 5.41) is 2.75. The number of hydrogen-bond donors (Lipinski definition) is 0. The van der Waals surface area contributed by atoms with Gasteiger partial charge in [-0.05, 0) is 21.9 Å². The van der Waals surface area contributed by atoms with Crippen LogP contribution in [0, 0.1) is 0 Å². The minimum Gasteiger partial charge on any atom is -1.00 e. The van der Waals surface area contributed by atoms with Gasteiger partial charge in [0.05, 0.1) is 0 Å². The molecule has 1 heteroatoms. The zero-order valence-corrected chi connectivity index (χ0v) is 9.53. The van der Waals surface area contributed by atoms with Crippen LogP contribution in [-0.4, -0.2) is 37.7 Å². The maximum absolute atomic E-state index is 2.18. The molecule has 0 saturated heterocycles. The Labute approximate surface area is 110 Å². The van der Waals surface area contributed by atoms with Gasteiger partial charge in [0.15, 0.2) is 0 Å². The van der Waals surface area contributed by atoms with Crippen LogP contribution in [0.15, 0.2) is 36.4 Å². The Balaban J connectivity index is 0.000000653. The van der Waals surface area contributed by atoms with Gasteiger partial charge in [-0.2, -0.15) is 0 Å². The molecule has 0 bridgehead atoms. The number of benzene rings is 2. The first-order valence-electron chi connectivity index (χ1n) is 4.15. The molecule has 1 aliphatic rings. The average molecular weight is 194 g/mol. The molecule has 2 aromatic carbocycles. The van der Waals surface area contributed by atoms with Gasteiger partial charge in [0.1, 0.15) is 0 Å². The summed E-state index contributed by atoms with van der Waals surface area (Å²) in [6.45, 7) is 0. The van der Waals surface area contributed by atoms with E-state index in [9.17, 15) is 0 Å². The largest absolute Gasteiger partial charge is 2.00 e. The second kappa shape index (κ2) is 3.45. The SMILES string of the molecule is C1=Cc2cccc3cccc1c23.[Ca+2].[H-].[H-]. The van der Waals surface area contributed by atoms with E-state index in [0.717, 1.165) is 0 Å². The third kappa shape index (κ3) is 1.34. The quantitative estimate of drug-likeness (QED) is 0.482. The van der Waals surface area contributed by atoms with Crippen LogP contribution in [0.5, 0.6) is 0 Å². The third-order valence-electron chi connectivity index (χ3n) is 2.41. The van der Waals surface area contributed by atoms with Crippen LogP contribution in [0.1, 0.15) is 14.0 Å². The van der Waals surface area contributed by atoms with Crippen molar-refractivity contribution in [3.63, 3.8) is 0 Å². The van der Waals surface area contributed by atoms with Crippen LogP contribution in [0.25, 0.3) is 22.9 Å². The van der Waals surface area contributed by atoms with E-state index in [-0.39, 0.29) is 40.6 Å². The van der Waals surface area contributed by atoms with Crippen LogP contribution in [0.4, 0.5) is 0 Å². The summed E-state index contributed by atoms with van der Waals surface area (Å²) in [5.74, 6) is 0. The van der Waals surface area contributed by atoms with Gasteiger partial charge in [0, 0.05) is 0 Å². The van der Waals surface area contributed by atoms with E-state index >= 15 is 0 Å². The van der Waals surface area contributed by atoms with Crippen molar-refractivity contribution in [1.29, 1.82) is 0 Å². The molecule has 0 aromatic heterocycles. The van der Waals surface area contributed by atoms with Crippen LogP contribution in [0.3, 0.4) is 0 Å². The molecule has 1 aliphatic carbocycles. The van der Waals surface area contributed by atoms with E-state index in [0.29, 0.717) is 0 Å². The van der Waals surface area contributed by atoms with Crippen molar-refractivity contribution in [2.75, 3.05) is 0 Å². The molecule has 3 rings (SSSR count). The van der Waals surface area contributed by atoms with Crippen molar-refractivity contribution in [3.05, 3.63) is 47.5 Å². The molecule has 0 spiro atoms. The molecule has 0 atom stereocenters. The molecular weight excluding hydrogens is 184 g/mol. The molecule has 13 heavy (non-hydrogen) atoms. The summed E-state index contributed by atoms with van der Waals surface area (Å²) >= 11 is 0. The van der Waals surface area contributed by atoms with Gasteiger partial charge < -0.3 is 2.85 Å². The molecule has 0 unspecified atom stereocenters. The predicted octanol–water partition coefficient (Wildman–Crippen LogP) is 3.17. The molecule has 0 radical (unpaired) electrons. The van der Waals surface area contributed by atoms with Gasteiger partial charge in [-0.25, -0.2) is 0 Å². The Morgan fingerprint density at radius 1 is 0.769 bits per heavy atom. The normalized spacial score (nSPS) is 11.7. The molecule has 0 saturated carbocycles. The van der Waals surface area contributed by atoms with Gasteiger partial charge in [0.25, 0.3) is 0 Å². The van der Waals surface area contributed by atoms with Gasteiger partial charge in [-0.15, -0.1) is 0 Å². The third-order valence-corrected chi connectivity index (χ3v) is 2.41. The second-order valence-corrected chi connectivity index (χ2v) is 3.13. The van der Waals surface area contributed by atoms with Crippen molar-refractivity contribution < 1.29 is 2.85 Å². The first-order valence-corrected chi connectivity index (χ1v) is 4.15. The van der Waals surface area contributed by atoms with E-state index in [2.05, 4.69) is 48.6 Å². The summed E-state index contributed by atoms with van der Waals surface area (Å²) in [7, 11) is 0. The van der Waals surface area contributed by atoms with Gasteiger partial charge in [-0.1, -0.05) is 48.6 Å². The van der Waals surface area contributed by atoms with E-state index in [1.54, 1.807) is 0 Å². The Bertz CT molecular complexity index is 451. The van der Waals surface area contributed by atoms with Crippen LogP contribution >= 0.6 is 0 Å². The maximum Gasteiger partial charge on any atom is 2.00 e. The van der Waals surface area contributed by atoms with E-state index in [1.807, 2.05) is 0 Å². The van der Waals surface area contributed by atoms with Gasteiger partial charge >= 0.3 is 37.7 Å². The van der Waals surface area contributed by atoms with Crippen LogP contribution < -0.4 is 0 Å². The summed E-state index contributed by atoms with van der Waals surface area (Å²) < 4.78 is 0. The Morgan fingerprint density at radius 2 is 1.31 bits per heavy atom.